The summed E-state index contributed by atoms with van der Waals surface area (Å²) in [5, 5.41) is 6.45. The Kier molecular flexibility index (Phi) is 3.51. The van der Waals surface area contributed by atoms with Gasteiger partial charge < -0.3 is 21.4 Å². The molecule has 1 saturated carbocycles. The van der Waals surface area contributed by atoms with Gasteiger partial charge in [-0.05, 0) is 31.0 Å². The lowest BCUT2D eigenvalue weighted by molar-refractivity contribution is -0.122. The number of rotatable bonds is 5. The van der Waals surface area contributed by atoms with E-state index in [1.54, 1.807) is 18.3 Å². The van der Waals surface area contributed by atoms with Crippen LogP contribution in [0.5, 0.6) is 0 Å². The van der Waals surface area contributed by atoms with Crippen molar-refractivity contribution in [3.05, 3.63) is 30.0 Å². The number of nitrogens with two attached hydrogens (primary N) is 1. The largest absolute Gasteiger partial charge is 0.399 e. The van der Waals surface area contributed by atoms with Crippen LogP contribution in [0.3, 0.4) is 0 Å². The summed E-state index contributed by atoms with van der Waals surface area (Å²) in [6.45, 7) is 0.870. The third-order valence-electron chi connectivity index (χ3n) is 3.61. The van der Waals surface area contributed by atoms with Crippen LogP contribution in [0.1, 0.15) is 23.2 Å². The Morgan fingerprint density at radius 2 is 2.00 bits per heavy atom. The van der Waals surface area contributed by atoms with Gasteiger partial charge in [-0.25, -0.2) is 0 Å². The summed E-state index contributed by atoms with van der Waals surface area (Å²) >= 11 is 0. The fraction of sp³-hybridized carbons (Fsp3) is 0.333. The summed E-state index contributed by atoms with van der Waals surface area (Å²) in [6.07, 6.45) is 3.63. The zero-order chi connectivity index (χ0) is 14.8. The molecule has 0 spiro atoms. The molecule has 0 atom stereocenters. The number of anilines is 1. The van der Waals surface area contributed by atoms with Crippen molar-refractivity contribution in [3.8, 4) is 0 Å². The molecule has 1 heterocycles. The van der Waals surface area contributed by atoms with E-state index >= 15 is 0 Å². The van der Waals surface area contributed by atoms with Crippen molar-refractivity contribution in [2.75, 3.05) is 18.8 Å². The minimum absolute atomic E-state index is 0.0896. The third kappa shape index (κ3) is 2.99. The fourth-order valence-corrected chi connectivity index (χ4v) is 2.28. The average molecular weight is 286 g/mol. The maximum atomic E-state index is 12.1. The Hall–Kier alpha value is -2.50. The number of aromatic amines is 1. The van der Waals surface area contributed by atoms with E-state index < -0.39 is 0 Å². The van der Waals surface area contributed by atoms with Gasteiger partial charge in [-0.15, -0.1) is 0 Å². The highest BCUT2D eigenvalue weighted by Gasteiger charge is 2.29. The lowest BCUT2D eigenvalue weighted by Crippen LogP contribution is -2.35. The number of fused-ring (bicyclic) bond motifs is 1. The molecule has 110 valence electrons. The van der Waals surface area contributed by atoms with Gasteiger partial charge in [0, 0.05) is 41.8 Å². The molecule has 2 amide bonds. The monoisotopic (exact) mass is 286 g/mol. The molecular formula is C15H18N4O2. The molecule has 0 saturated heterocycles. The standard InChI is InChI=1S/C15H18N4O2/c16-10-3-4-11-12(8-19-13(11)7-10)15(21)18-6-5-17-14(20)9-1-2-9/h3-4,7-9,19H,1-2,5-6,16H2,(H,17,20)(H,18,21). The van der Waals surface area contributed by atoms with E-state index in [1.807, 2.05) is 6.07 Å². The predicted molar refractivity (Wildman–Crippen MR) is 80.8 cm³/mol. The normalized spacial score (nSPS) is 14.1. The number of carbonyl (C=O) groups is 2. The van der Waals surface area contributed by atoms with Crippen LogP contribution in [-0.4, -0.2) is 29.9 Å². The summed E-state index contributed by atoms with van der Waals surface area (Å²) in [4.78, 5) is 26.6. The minimum Gasteiger partial charge on any atom is -0.399 e. The molecule has 3 rings (SSSR count). The average Bonchev–Trinajstić information content (AvgIpc) is 3.23. The van der Waals surface area contributed by atoms with Gasteiger partial charge in [0.15, 0.2) is 0 Å². The van der Waals surface area contributed by atoms with E-state index in [9.17, 15) is 9.59 Å². The minimum atomic E-state index is -0.160. The molecule has 0 radical (unpaired) electrons. The van der Waals surface area contributed by atoms with Crippen molar-refractivity contribution in [3.63, 3.8) is 0 Å². The molecule has 1 fully saturated rings. The molecule has 6 heteroatoms. The van der Waals surface area contributed by atoms with Crippen LogP contribution in [0.4, 0.5) is 5.69 Å². The van der Waals surface area contributed by atoms with Crippen LogP contribution in [0, 0.1) is 5.92 Å². The second-order valence-corrected chi connectivity index (χ2v) is 5.33. The van der Waals surface area contributed by atoms with Gasteiger partial charge >= 0.3 is 0 Å². The number of carbonyl (C=O) groups excluding carboxylic acids is 2. The van der Waals surface area contributed by atoms with E-state index in [2.05, 4.69) is 15.6 Å². The topological polar surface area (TPSA) is 100 Å². The van der Waals surface area contributed by atoms with Crippen molar-refractivity contribution in [1.29, 1.82) is 0 Å². The predicted octanol–water partition coefficient (Wildman–Crippen LogP) is 1.01. The molecule has 0 bridgehead atoms. The molecule has 21 heavy (non-hydrogen) atoms. The first-order valence-electron chi connectivity index (χ1n) is 7.07. The maximum absolute atomic E-state index is 12.1. The SMILES string of the molecule is Nc1ccc2c(C(=O)NCCNC(=O)C3CC3)c[nH]c2c1. The van der Waals surface area contributed by atoms with E-state index in [0.29, 0.717) is 24.3 Å². The summed E-state index contributed by atoms with van der Waals surface area (Å²) in [5.41, 5.74) is 7.77. The molecule has 1 aromatic carbocycles. The van der Waals surface area contributed by atoms with Crippen LogP contribution >= 0.6 is 0 Å². The number of H-pyrrole nitrogens is 1. The quantitative estimate of drug-likeness (QED) is 0.487. The van der Waals surface area contributed by atoms with Crippen LogP contribution in [-0.2, 0) is 4.79 Å². The van der Waals surface area contributed by atoms with Gasteiger partial charge in [0.1, 0.15) is 0 Å². The molecule has 1 aromatic heterocycles. The molecule has 5 N–H and O–H groups in total. The van der Waals surface area contributed by atoms with Gasteiger partial charge in [0.25, 0.3) is 5.91 Å². The summed E-state index contributed by atoms with van der Waals surface area (Å²) in [7, 11) is 0. The first-order chi connectivity index (χ1) is 10.1. The van der Waals surface area contributed by atoms with Crippen LogP contribution in [0.2, 0.25) is 0 Å². The third-order valence-corrected chi connectivity index (χ3v) is 3.61. The Bertz CT molecular complexity index is 688. The first-order valence-corrected chi connectivity index (χ1v) is 7.07. The maximum Gasteiger partial charge on any atom is 0.253 e. The molecule has 6 nitrogen and oxygen atoms in total. The van der Waals surface area contributed by atoms with Crippen LogP contribution in [0.15, 0.2) is 24.4 Å². The Labute approximate surface area is 122 Å². The number of hydrogen-bond acceptors (Lipinski definition) is 3. The number of nitrogen functional groups attached to an aromatic ring is 1. The number of nitrogens with one attached hydrogen (secondary N) is 3. The highest BCUT2D eigenvalue weighted by molar-refractivity contribution is 6.07. The molecule has 1 aliphatic carbocycles. The summed E-state index contributed by atoms with van der Waals surface area (Å²) in [6, 6.07) is 5.38. The lowest BCUT2D eigenvalue weighted by Gasteiger charge is -2.06. The lowest BCUT2D eigenvalue weighted by atomic mass is 10.1. The summed E-state index contributed by atoms with van der Waals surface area (Å²) in [5.74, 6) is 0.123. The zero-order valence-electron chi connectivity index (χ0n) is 11.6. The second-order valence-electron chi connectivity index (χ2n) is 5.33. The van der Waals surface area contributed by atoms with Crippen LogP contribution in [0.25, 0.3) is 10.9 Å². The number of benzene rings is 1. The molecule has 0 aliphatic heterocycles. The fourth-order valence-electron chi connectivity index (χ4n) is 2.28. The number of amides is 2. The van der Waals surface area contributed by atoms with Crippen molar-refractivity contribution < 1.29 is 9.59 Å². The molecular weight excluding hydrogens is 268 g/mol. The Morgan fingerprint density at radius 1 is 1.24 bits per heavy atom. The van der Waals surface area contributed by atoms with Crippen molar-refractivity contribution in [1.82, 2.24) is 15.6 Å². The Morgan fingerprint density at radius 3 is 2.76 bits per heavy atom. The second kappa shape index (κ2) is 5.47. The van der Waals surface area contributed by atoms with Gasteiger partial charge in [0.2, 0.25) is 5.91 Å². The zero-order valence-corrected chi connectivity index (χ0v) is 11.6. The van der Waals surface area contributed by atoms with E-state index in [0.717, 1.165) is 23.7 Å². The van der Waals surface area contributed by atoms with Crippen molar-refractivity contribution in [2.24, 2.45) is 5.92 Å². The van der Waals surface area contributed by atoms with Crippen molar-refractivity contribution >= 4 is 28.4 Å². The Balaban J connectivity index is 1.55. The van der Waals surface area contributed by atoms with Gasteiger partial charge in [-0.2, -0.15) is 0 Å². The van der Waals surface area contributed by atoms with Crippen molar-refractivity contribution in [2.45, 2.75) is 12.8 Å². The van der Waals surface area contributed by atoms with Crippen LogP contribution < -0.4 is 16.4 Å². The molecule has 2 aromatic rings. The van der Waals surface area contributed by atoms with Gasteiger partial charge in [-0.1, -0.05) is 0 Å². The van der Waals surface area contributed by atoms with Gasteiger partial charge in [0.05, 0.1) is 5.56 Å². The first kappa shape index (κ1) is 13.5. The van der Waals surface area contributed by atoms with E-state index in [1.165, 1.54) is 0 Å². The number of hydrogen-bond donors (Lipinski definition) is 4. The van der Waals surface area contributed by atoms with Gasteiger partial charge in [-0.3, -0.25) is 9.59 Å². The molecule has 0 unspecified atom stereocenters. The van der Waals surface area contributed by atoms with E-state index in [-0.39, 0.29) is 17.7 Å². The number of aromatic nitrogens is 1. The summed E-state index contributed by atoms with van der Waals surface area (Å²) < 4.78 is 0. The smallest absolute Gasteiger partial charge is 0.253 e. The highest BCUT2D eigenvalue weighted by Crippen LogP contribution is 2.28. The van der Waals surface area contributed by atoms with E-state index in [4.69, 9.17) is 5.73 Å². The molecule has 1 aliphatic rings. The highest BCUT2D eigenvalue weighted by atomic mass is 16.2.